The van der Waals surface area contributed by atoms with E-state index in [9.17, 15) is 13.2 Å². The van der Waals surface area contributed by atoms with E-state index in [1.807, 2.05) is 18.2 Å². The quantitative estimate of drug-likeness (QED) is 0.853. The minimum absolute atomic E-state index is 0.0741. The highest BCUT2D eigenvalue weighted by molar-refractivity contribution is 8.01. The molecule has 0 radical (unpaired) electrons. The first-order chi connectivity index (χ1) is 10.5. The standard InChI is InChI=1S/C14H16N2O4S2/c1-2-20-14(17)16-12-6-4-3-5-11(12)15-13(16)21-10-7-8-22(18,19)9-10/h3-6,10H,2,7-9H2,1H3/t10-/m1/s1. The topological polar surface area (TPSA) is 78.3 Å². The summed E-state index contributed by atoms with van der Waals surface area (Å²) in [5.41, 5.74) is 1.36. The van der Waals surface area contributed by atoms with Gasteiger partial charge in [0.25, 0.3) is 0 Å². The summed E-state index contributed by atoms with van der Waals surface area (Å²) in [6, 6.07) is 7.29. The largest absolute Gasteiger partial charge is 0.449 e. The Morgan fingerprint density at radius 3 is 2.91 bits per heavy atom. The highest BCUT2D eigenvalue weighted by Crippen LogP contribution is 2.32. The Hall–Kier alpha value is -1.54. The monoisotopic (exact) mass is 340 g/mol. The highest BCUT2D eigenvalue weighted by Gasteiger charge is 2.31. The first-order valence-electron chi connectivity index (χ1n) is 7.02. The second kappa shape index (κ2) is 5.92. The summed E-state index contributed by atoms with van der Waals surface area (Å²) < 4.78 is 29.7. The number of aromatic nitrogens is 2. The van der Waals surface area contributed by atoms with Crippen molar-refractivity contribution in [2.75, 3.05) is 18.1 Å². The van der Waals surface area contributed by atoms with Crippen molar-refractivity contribution in [2.45, 2.75) is 23.8 Å². The molecule has 118 valence electrons. The van der Waals surface area contributed by atoms with E-state index in [4.69, 9.17) is 4.74 Å². The van der Waals surface area contributed by atoms with Crippen LogP contribution in [0.4, 0.5) is 4.79 Å². The molecule has 6 nitrogen and oxygen atoms in total. The Bertz CT molecular complexity index is 813. The van der Waals surface area contributed by atoms with E-state index in [-0.39, 0.29) is 23.4 Å². The van der Waals surface area contributed by atoms with Gasteiger partial charge in [0.05, 0.1) is 29.1 Å². The second-order valence-corrected chi connectivity index (χ2v) is 8.56. The van der Waals surface area contributed by atoms with Gasteiger partial charge in [-0.2, -0.15) is 0 Å². The fourth-order valence-corrected chi connectivity index (χ4v) is 6.00. The van der Waals surface area contributed by atoms with E-state index in [2.05, 4.69) is 4.98 Å². The zero-order valence-corrected chi connectivity index (χ0v) is 13.7. The van der Waals surface area contributed by atoms with Crippen molar-refractivity contribution in [3.05, 3.63) is 24.3 Å². The lowest BCUT2D eigenvalue weighted by molar-refractivity contribution is 0.152. The van der Waals surface area contributed by atoms with Crippen LogP contribution in [0, 0.1) is 0 Å². The number of benzene rings is 1. The molecular formula is C14H16N2O4S2. The molecule has 2 heterocycles. The molecule has 1 atom stereocenters. The number of fused-ring (bicyclic) bond motifs is 1. The van der Waals surface area contributed by atoms with E-state index < -0.39 is 15.9 Å². The lowest BCUT2D eigenvalue weighted by atomic mass is 10.3. The summed E-state index contributed by atoms with van der Waals surface area (Å²) in [5, 5.41) is 0.414. The fraction of sp³-hybridized carbons (Fsp3) is 0.429. The van der Waals surface area contributed by atoms with Crippen molar-refractivity contribution in [1.29, 1.82) is 0 Å². The Kier molecular flexibility index (Phi) is 4.14. The molecule has 0 unspecified atom stereocenters. The highest BCUT2D eigenvalue weighted by atomic mass is 32.2. The van der Waals surface area contributed by atoms with Gasteiger partial charge in [0.1, 0.15) is 0 Å². The maximum Gasteiger partial charge on any atom is 0.420 e. The summed E-state index contributed by atoms with van der Waals surface area (Å²) in [5.74, 6) is 0.327. The summed E-state index contributed by atoms with van der Waals surface area (Å²) in [6.07, 6.45) is 0.0958. The number of hydrogen-bond donors (Lipinski definition) is 0. The average molecular weight is 340 g/mol. The minimum Gasteiger partial charge on any atom is -0.449 e. The second-order valence-electron chi connectivity index (χ2n) is 5.06. The summed E-state index contributed by atoms with van der Waals surface area (Å²) >= 11 is 1.33. The zero-order valence-electron chi connectivity index (χ0n) is 12.1. The average Bonchev–Trinajstić information content (AvgIpc) is 2.99. The maximum atomic E-state index is 12.2. The molecule has 0 amide bonds. The molecule has 1 aliphatic rings. The molecule has 1 aliphatic heterocycles. The van der Waals surface area contributed by atoms with Crippen molar-refractivity contribution in [3.8, 4) is 0 Å². The first-order valence-corrected chi connectivity index (χ1v) is 9.72. The van der Waals surface area contributed by atoms with Gasteiger partial charge < -0.3 is 4.74 Å². The third kappa shape index (κ3) is 2.98. The minimum atomic E-state index is -2.96. The Morgan fingerprint density at radius 1 is 1.45 bits per heavy atom. The molecule has 1 fully saturated rings. The number of sulfone groups is 1. The number of thioether (sulfide) groups is 1. The van der Waals surface area contributed by atoms with Gasteiger partial charge in [0.2, 0.25) is 0 Å². The number of carbonyl (C=O) groups is 1. The fourth-order valence-electron chi connectivity index (χ4n) is 2.45. The predicted octanol–water partition coefficient (Wildman–Crippen LogP) is 2.32. The van der Waals surface area contributed by atoms with E-state index in [0.29, 0.717) is 22.6 Å². The van der Waals surface area contributed by atoms with Gasteiger partial charge in [-0.05, 0) is 25.5 Å². The van der Waals surface area contributed by atoms with Crippen LogP contribution in [0.2, 0.25) is 0 Å². The smallest absolute Gasteiger partial charge is 0.420 e. The SMILES string of the molecule is CCOC(=O)n1c(S[C@@H]2CCS(=O)(=O)C2)nc2ccccc21. The van der Waals surface area contributed by atoms with Crippen LogP contribution in [0.5, 0.6) is 0 Å². The lowest BCUT2D eigenvalue weighted by Crippen LogP contribution is -2.16. The van der Waals surface area contributed by atoms with E-state index in [1.165, 1.54) is 16.3 Å². The number of imidazole rings is 1. The van der Waals surface area contributed by atoms with Gasteiger partial charge in [-0.1, -0.05) is 23.9 Å². The van der Waals surface area contributed by atoms with Crippen molar-refractivity contribution in [1.82, 2.24) is 9.55 Å². The van der Waals surface area contributed by atoms with Crippen molar-refractivity contribution >= 4 is 38.7 Å². The van der Waals surface area contributed by atoms with Crippen LogP contribution in [0.1, 0.15) is 13.3 Å². The predicted molar refractivity (Wildman–Crippen MR) is 85.1 cm³/mol. The van der Waals surface area contributed by atoms with Crippen molar-refractivity contribution in [2.24, 2.45) is 0 Å². The molecule has 0 N–H and O–H groups in total. The molecule has 1 aromatic heterocycles. The lowest BCUT2D eigenvalue weighted by Gasteiger charge is -2.09. The van der Waals surface area contributed by atoms with Gasteiger partial charge in [-0.3, -0.25) is 0 Å². The molecular weight excluding hydrogens is 324 g/mol. The third-order valence-electron chi connectivity index (χ3n) is 3.44. The molecule has 0 bridgehead atoms. The van der Waals surface area contributed by atoms with Crippen molar-refractivity contribution in [3.63, 3.8) is 0 Å². The summed E-state index contributed by atoms with van der Waals surface area (Å²) in [7, 11) is -2.96. The first kappa shape index (κ1) is 15.4. The van der Waals surface area contributed by atoms with Crippen LogP contribution < -0.4 is 0 Å². The number of nitrogens with zero attached hydrogens (tertiary/aromatic N) is 2. The molecule has 0 aliphatic carbocycles. The Morgan fingerprint density at radius 2 is 2.23 bits per heavy atom. The van der Waals surface area contributed by atoms with Gasteiger partial charge in [-0.25, -0.2) is 22.8 Å². The normalized spacial score (nSPS) is 20.3. The van der Waals surface area contributed by atoms with Crippen LogP contribution >= 0.6 is 11.8 Å². The molecule has 0 saturated carbocycles. The maximum absolute atomic E-state index is 12.2. The van der Waals surface area contributed by atoms with E-state index in [0.717, 1.165) is 0 Å². The number of para-hydroxylation sites is 2. The third-order valence-corrected chi connectivity index (χ3v) is 6.64. The van der Waals surface area contributed by atoms with Gasteiger partial charge in [-0.15, -0.1) is 0 Å². The molecule has 0 spiro atoms. The van der Waals surface area contributed by atoms with Crippen LogP contribution in [0.3, 0.4) is 0 Å². The zero-order chi connectivity index (χ0) is 15.7. The van der Waals surface area contributed by atoms with E-state index in [1.54, 1.807) is 13.0 Å². The van der Waals surface area contributed by atoms with Gasteiger partial charge in [0.15, 0.2) is 15.0 Å². The summed E-state index contributed by atoms with van der Waals surface area (Å²) in [4.78, 5) is 16.7. The number of ether oxygens (including phenoxy) is 1. The Labute approximate surface area is 132 Å². The van der Waals surface area contributed by atoms with Crippen LogP contribution in [-0.2, 0) is 14.6 Å². The van der Waals surface area contributed by atoms with Crippen molar-refractivity contribution < 1.29 is 17.9 Å². The van der Waals surface area contributed by atoms with Crippen LogP contribution in [0.25, 0.3) is 11.0 Å². The molecule has 1 saturated heterocycles. The van der Waals surface area contributed by atoms with Gasteiger partial charge >= 0.3 is 6.09 Å². The molecule has 22 heavy (non-hydrogen) atoms. The van der Waals surface area contributed by atoms with E-state index >= 15 is 0 Å². The van der Waals surface area contributed by atoms with Crippen LogP contribution in [-0.4, -0.2) is 47.4 Å². The molecule has 8 heteroatoms. The van der Waals surface area contributed by atoms with Crippen LogP contribution in [0.15, 0.2) is 29.4 Å². The number of rotatable bonds is 3. The molecule has 3 rings (SSSR count). The summed E-state index contributed by atoms with van der Waals surface area (Å²) in [6.45, 7) is 2.01. The molecule has 1 aromatic carbocycles. The van der Waals surface area contributed by atoms with Gasteiger partial charge in [0, 0.05) is 5.25 Å². The number of carbonyl (C=O) groups excluding carboxylic acids is 1. The molecule has 2 aromatic rings. The number of hydrogen-bond acceptors (Lipinski definition) is 6. The Balaban J connectivity index is 1.97.